The monoisotopic (exact) mass is 411 g/mol. The standard InChI is InChI=1S/C19H20F3N3O4/c1-11(23-16-10-14(24-12(2)26)6-9-17(16)28-3)18(27)25-13-4-7-15(8-5-13)29-19(20,21)22/h4-11,23H,1-3H3,(H,24,26)(H,25,27). The van der Waals surface area contributed by atoms with Crippen LogP contribution in [0.25, 0.3) is 0 Å². The molecule has 2 aromatic rings. The maximum atomic E-state index is 12.4. The van der Waals surface area contributed by atoms with Crippen LogP contribution in [0.1, 0.15) is 13.8 Å². The molecule has 2 aromatic carbocycles. The van der Waals surface area contributed by atoms with Crippen molar-refractivity contribution >= 4 is 28.9 Å². The third kappa shape index (κ3) is 6.91. The van der Waals surface area contributed by atoms with E-state index in [9.17, 15) is 22.8 Å². The fourth-order valence-corrected chi connectivity index (χ4v) is 2.39. The molecule has 29 heavy (non-hydrogen) atoms. The van der Waals surface area contributed by atoms with Gasteiger partial charge in [0.25, 0.3) is 0 Å². The van der Waals surface area contributed by atoms with E-state index in [0.29, 0.717) is 22.8 Å². The van der Waals surface area contributed by atoms with Gasteiger partial charge in [-0.2, -0.15) is 0 Å². The molecule has 156 valence electrons. The summed E-state index contributed by atoms with van der Waals surface area (Å²) in [4.78, 5) is 23.6. The van der Waals surface area contributed by atoms with Gasteiger partial charge in [0.1, 0.15) is 17.5 Å². The minimum Gasteiger partial charge on any atom is -0.495 e. The van der Waals surface area contributed by atoms with E-state index >= 15 is 0 Å². The Bertz CT molecular complexity index is 870. The first-order chi connectivity index (χ1) is 13.6. The van der Waals surface area contributed by atoms with Gasteiger partial charge in [-0.15, -0.1) is 13.2 Å². The second-order valence-corrected chi connectivity index (χ2v) is 6.02. The number of rotatable bonds is 7. The first-order valence-electron chi connectivity index (χ1n) is 8.46. The molecule has 7 nitrogen and oxygen atoms in total. The van der Waals surface area contributed by atoms with Crippen LogP contribution in [-0.2, 0) is 9.59 Å². The fraction of sp³-hybridized carbons (Fsp3) is 0.263. The highest BCUT2D eigenvalue weighted by Crippen LogP contribution is 2.29. The number of anilines is 3. The lowest BCUT2D eigenvalue weighted by Gasteiger charge is -2.18. The van der Waals surface area contributed by atoms with Gasteiger partial charge in [-0.25, -0.2) is 0 Å². The molecule has 10 heteroatoms. The largest absolute Gasteiger partial charge is 0.573 e. The average Bonchev–Trinajstić information content (AvgIpc) is 2.62. The molecule has 2 amide bonds. The summed E-state index contributed by atoms with van der Waals surface area (Å²) in [6.07, 6.45) is -4.78. The number of hydrogen-bond donors (Lipinski definition) is 3. The van der Waals surface area contributed by atoms with Crippen LogP contribution in [0.15, 0.2) is 42.5 Å². The second kappa shape index (κ2) is 9.18. The maximum absolute atomic E-state index is 12.4. The van der Waals surface area contributed by atoms with Gasteiger partial charge in [-0.05, 0) is 49.4 Å². The number of nitrogens with one attached hydrogen (secondary N) is 3. The van der Waals surface area contributed by atoms with Crippen molar-refractivity contribution in [3.8, 4) is 11.5 Å². The summed E-state index contributed by atoms with van der Waals surface area (Å²) in [6.45, 7) is 2.97. The maximum Gasteiger partial charge on any atom is 0.573 e. The third-order valence-electron chi connectivity index (χ3n) is 3.64. The van der Waals surface area contributed by atoms with Gasteiger partial charge in [0.15, 0.2) is 0 Å². The first-order valence-corrected chi connectivity index (χ1v) is 8.46. The Morgan fingerprint density at radius 1 is 1.00 bits per heavy atom. The molecular weight excluding hydrogens is 391 g/mol. The van der Waals surface area contributed by atoms with Gasteiger partial charge in [-0.3, -0.25) is 9.59 Å². The molecule has 0 fully saturated rings. The quantitative estimate of drug-likeness (QED) is 0.641. The number of benzene rings is 2. The van der Waals surface area contributed by atoms with Crippen molar-refractivity contribution in [1.82, 2.24) is 0 Å². The lowest BCUT2D eigenvalue weighted by atomic mass is 10.2. The van der Waals surface area contributed by atoms with E-state index in [1.54, 1.807) is 25.1 Å². The zero-order valence-corrected chi connectivity index (χ0v) is 15.9. The second-order valence-electron chi connectivity index (χ2n) is 6.02. The van der Waals surface area contributed by atoms with Crippen molar-refractivity contribution in [2.45, 2.75) is 26.3 Å². The summed E-state index contributed by atoms with van der Waals surface area (Å²) in [7, 11) is 1.47. The Morgan fingerprint density at radius 3 is 2.17 bits per heavy atom. The van der Waals surface area contributed by atoms with E-state index in [1.807, 2.05) is 0 Å². The SMILES string of the molecule is COc1ccc(NC(C)=O)cc1NC(C)C(=O)Nc1ccc(OC(F)(F)F)cc1. The molecule has 0 aliphatic rings. The third-order valence-corrected chi connectivity index (χ3v) is 3.64. The lowest BCUT2D eigenvalue weighted by Crippen LogP contribution is -2.32. The summed E-state index contributed by atoms with van der Waals surface area (Å²) in [5.41, 5.74) is 1.31. The highest BCUT2D eigenvalue weighted by atomic mass is 19.4. The first kappa shape index (κ1) is 21.9. The molecule has 3 N–H and O–H groups in total. The summed E-state index contributed by atoms with van der Waals surface area (Å²) in [5.74, 6) is -0.597. The molecule has 2 rings (SSSR count). The minimum absolute atomic E-state index is 0.246. The van der Waals surface area contributed by atoms with Gasteiger partial charge in [0, 0.05) is 18.3 Å². The number of ether oxygens (including phenoxy) is 2. The molecular formula is C19H20F3N3O4. The Hall–Kier alpha value is -3.43. The summed E-state index contributed by atoms with van der Waals surface area (Å²) < 4.78 is 45.6. The average molecular weight is 411 g/mol. The summed E-state index contributed by atoms with van der Waals surface area (Å²) >= 11 is 0. The Balaban J connectivity index is 2.04. The smallest absolute Gasteiger partial charge is 0.495 e. The number of carbonyl (C=O) groups excluding carboxylic acids is 2. The number of carbonyl (C=O) groups is 2. The zero-order chi connectivity index (χ0) is 21.6. The normalized spacial score (nSPS) is 11.9. The Morgan fingerprint density at radius 2 is 1.62 bits per heavy atom. The number of halogens is 3. The molecule has 0 radical (unpaired) electrons. The number of methoxy groups -OCH3 is 1. The highest BCUT2D eigenvalue weighted by molar-refractivity contribution is 5.97. The predicted octanol–water partition coefficient (Wildman–Crippen LogP) is 3.99. The van der Waals surface area contributed by atoms with Crippen molar-refractivity contribution < 1.29 is 32.2 Å². The van der Waals surface area contributed by atoms with Crippen LogP contribution in [0.4, 0.5) is 30.2 Å². The van der Waals surface area contributed by atoms with Crippen molar-refractivity contribution in [2.24, 2.45) is 0 Å². The van der Waals surface area contributed by atoms with Crippen LogP contribution < -0.4 is 25.4 Å². The van der Waals surface area contributed by atoms with Gasteiger partial charge >= 0.3 is 6.36 Å². The zero-order valence-electron chi connectivity index (χ0n) is 15.9. The molecule has 0 aliphatic carbocycles. The van der Waals surface area contributed by atoms with Crippen molar-refractivity contribution in [2.75, 3.05) is 23.1 Å². The fourth-order valence-electron chi connectivity index (χ4n) is 2.39. The van der Waals surface area contributed by atoms with Crippen LogP contribution in [0, 0.1) is 0 Å². The molecule has 0 aliphatic heterocycles. The van der Waals surface area contributed by atoms with E-state index in [1.165, 1.54) is 26.2 Å². The summed E-state index contributed by atoms with van der Waals surface area (Å²) in [6, 6.07) is 8.98. The van der Waals surface area contributed by atoms with Gasteiger partial charge in [0.05, 0.1) is 12.8 Å². The van der Waals surface area contributed by atoms with Crippen LogP contribution in [0.3, 0.4) is 0 Å². The molecule has 0 bridgehead atoms. The van der Waals surface area contributed by atoms with E-state index < -0.39 is 18.3 Å². The lowest BCUT2D eigenvalue weighted by molar-refractivity contribution is -0.274. The van der Waals surface area contributed by atoms with Gasteiger partial charge in [0.2, 0.25) is 11.8 Å². The van der Waals surface area contributed by atoms with E-state index in [-0.39, 0.29) is 11.7 Å². The van der Waals surface area contributed by atoms with E-state index in [2.05, 4.69) is 20.7 Å². The van der Waals surface area contributed by atoms with Gasteiger partial charge in [-0.1, -0.05) is 0 Å². The molecule has 0 aromatic heterocycles. The summed E-state index contributed by atoms with van der Waals surface area (Å²) in [5, 5.41) is 8.20. The van der Waals surface area contributed by atoms with E-state index in [4.69, 9.17) is 4.74 Å². The number of amides is 2. The van der Waals surface area contributed by atoms with Crippen LogP contribution >= 0.6 is 0 Å². The topological polar surface area (TPSA) is 88.7 Å². The highest BCUT2D eigenvalue weighted by Gasteiger charge is 2.31. The predicted molar refractivity (Wildman–Crippen MR) is 102 cm³/mol. The van der Waals surface area contributed by atoms with Crippen molar-refractivity contribution in [3.63, 3.8) is 0 Å². The Kier molecular flexibility index (Phi) is 6.92. The number of hydrogen-bond acceptors (Lipinski definition) is 5. The van der Waals surface area contributed by atoms with Crippen LogP contribution in [0.2, 0.25) is 0 Å². The van der Waals surface area contributed by atoms with Crippen LogP contribution in [-0.4, -0.2) is 31.3 Å². The molecule has 0 heterocycles. The molecule has 0 spiro atoms. The molecule has 1 unspecified atom stereocenters. The van der Waals surface area contributed by atoms with Crippen molar-refractivity contribution in [3.05, 3.63) is 42.5 Å². The molecule has 0 saturated carbocycles. The van der Waals surface area contributed by atoms with Crippen molar-refractivity contribution in [1.29, 1.82) is 0 Å². The Labute approximate surface area is 165 Å². The van der Waals surface area contributed by atoms with Crippen LogP contribution in [0.5, 0.6) is 11.5 Å². The minimum atomic E-state index is -4.78. The van der Waals surface area contributed by atoms with Gasteiger partial charge < -0.3 is 25.4 Å². The number of alkyl halides is 3. The van der Waals surface area contributed by atoms with E-state index in [0.717, 1.165) is 12.1 Å². The molecule has 1 atom stereocenters. The molecule has 0 saturated heterocycles.